The lowest BCUT2D eigenvalue weighted by molar-refractivity contribution is -0.135. The van der Waals surface area contributed by atoms with Gasteiger partial charge in [-0.15, -0.1) is 0 Å². The number of rotatable bonds is 4. The van der Waals surface area contributed by atoms with E-state index in [-0.39, 0.29) is 17.2 Å². The summed E-state index contributed by atoms with van der Waals surface area (Å²) in [6, 6.07) is 6.29. The van der Waals surface area contributed by atoms with Crippen LogP contribution in [0, 0.1) is 5.92 Å². The lowest BCUT2D eigenvalue weighted by Crippen LogP contribution is -2.43. The van der Waals surface area contributed by atoms with Crippen LogP contribution in [0.15, 0.2) is 24.3 Å². The highest BCUT2D eigenvalue weighted by Crippen LogP contribution is 2.38. The molecule has 1 saturated heterocycles. The minimum absolute atomic E-state index is 0.0392. The third-order valence-corrected chi connectivity index (χ3v) is 7.27. The Bertz CT molecular complexity index is 721. The van der Waals surface area contributed by atoms with Crippen molar-refractivity contribution in [3.63, 3.8) is 0 Å². The molecule has 0 saturated carbocycles. The van der Waals surface area contributed by atoms with E-state index in [1.54, 1.807) is 33.0 Å². The molecule has 1 aromatic rings. The summed E-state index contributed by atoms with van der Waals surface area (Å²) in [6.07, 6.45) is 0.344. The summed E-state index contributed by atoms with van der Waals surface area (Å²) in [5, 5.41) is 8.87. The monoisotopic (exact) mass is 339 g/mol. The number of aromatic carboxylic acids is 1. The Morgan fingerprint density at radius 3 is 2.26 bits per heavy atom. The number of sulfone groups is 1. The minimum atomic E-state index is -3.25. The zero-order valence-corrected chi connectivity index (χ0v) is 14.3. The Balaban J connectivity index is 2.10. The van der Waals surface area contributed by atoms with Gasteiger partial charge in [-0.25, -0.2) is 13.2 Å². The van der Waals surface area contributed by atoms with Crippen LogP contribution in [0.3, 0.4) is 0 Å². The summed E-state index contributed by atoms with van der Waals surface area (Å²) >= 11 is 0. The van der Waals surface area contributed by atoms with Crippen molar-refractivity contribution in [1.82, 2.24) is 4.90 Å². The molecule has 0 radical (unpaired) electrons. The number of nitrogens with zero attached hydrogens (tertiary/aromatic N) is 1. The van der Waals surface area contributed by atoms with Crippen molar-refractivity contribution >= 4 is 21.7 Å². The van der Waals surface area contributed by atoms with E-state index >= 15 is 0 Å². The van der Waals surface area contributed by atoms with Crippen molar-refractivity contribution in [2.75, 3.05) is 12.8 Å². The van der Waals surface area contributed by atoms with Crippen LogP contribution in [-0.2, 0) is 21.2 Å². The molecule has 1 heterocycles. The van der Waals surface area contributed by atoms with Gasteiger partial charge in [-0.2, -0.15) is 0 Å². The van der Waals surface area contributed by atoms with Crippen LogP contribution < -0.4 is 0 Å². The van der Waals surface area contributed by atoms with Gasteiger partial charge in [-0.1, -0.05) is 12.1 Å². The van der Waals surface area contributed by atoms with Gasteiger partial charge in [-0.05, 0) is 38.0 Å². The Kier molecular flexibility index (Phi) is 4.52. The normalized spacial score (nSPS) is 21.8. The second kappa shape index (κ2) is 5.96. The van der Waals surface area contributed by atoms with Crippen LogP contribution in [0.2, 0.25) is 0 Å². The van der Waals surface area contributed by atoms with Crippen LogP contribution in [0.25, 0.3) is 0 Å². The fraction of sp³-hybridized carbons (Fsp3) is 0.500. The Morgan fingerprint density at radius 2 is 1.83 bits per heavy atom. The smallest absolute Gasteiger partial charge is 0.335 e. The summed E-state index contributed by atoms with van der Waals surface area (Å²) in [6.45, 7) is 3.52. The molecule has 1 amide bonds. The van der Waals surface area contributed by atoms with Crippen LogP contribution in [-0.4, -0.2) is 47.8 Å². The maximum absolute atomic E-state index is 12.6. The molecule has 0 bridgehead atoms. The van der Waals surface area contributed by atoms with Crippen LogP contribution in [0.1, 0.15) is 36.2 Å². The van der Waals surface area contributed by atoms with E-state index in [9.17, 15) is 18.0 Å². The van der Waals surface area contributed by atoms with Gasteiger partial charge in [0.2, 0.25) is 5.91 Å². The van der Waals surface area contributed by atoms with E-state index in [4.69, 9.17) is 5.11 Å². The van der Waals surface area contributed by atoms with Gasteiger partial charge in [0.25, 0.3) is 0 Å². The first kappa shape index (κ1) is 17.5. The van der Waals surface area contributed by atoms with Gasteiger partial charge in [-0.3, -0.25) is 4.79 Å². The molecule has 1 aliphatic rings. The van der Waals surface area contributed by atoms with Gasteiger partial charge in [0.1, 0.15) is 0 Å². The van der Waals surface area contributed by atoms with Crippen LogP contribution in [0.5, 0.6) is 0 Å². The van der Waals surface area contributed by atoms with Crippen molar-refractivity contribution in [3.8, 4) is 0 Å². The maximum atomic E-state index is 12.6. The fourth-order valence-electron chi connectivity index (χ4n) is 2.89. The largest absolute Gasteiger partial charge is 0.478 e. The molecule has 0 aromatic heterocycles. The van der Waals surface area contributed by atoms with Crippen LogP contribution in [0.4, 0.5) is 0 Å². The SMILES string of the molecule is CN(Cc1ccc(C(=O)O)cc1)C(=O)C1CCS(=O)(=O)C1(C)C. The fourth-order valence-corrected chi connectivity index (χ4v) is 4.62. The summed E-state index contributed by atoms with van der Waals surface area (Å²) < 4.78 is 23.1. The molecule has 6 nitrogen and oxygen atoms in total. The van der Waals surface area contributed by atoms with Gasteiger partial charge in [0, 0.05) is 13.6 Å². The van der Waals surface area contributed by atoms with Crippen molar-refractivity contribution in [2.45, 2.75) is 31.6 Å². The van der Waals surface area contributed by atoms with E-state index in [0.717, 1.165) is 5.56 Å². The zero-order valence-electron chi connectivity index (χ0n) is 13.4. The lowest BCUT2D eigenvalue weighted by Gasteiger charge is -2.29. The first-order valence-electron chi connectivity index (χ1n) is 7.36. The highest BCUT2D eigenvalue weighted by Gasteiger charge is 2.51. The van der Waals surface area contributed by atoms with E-state index in [1.165, 1.54) is 17.0 Å². The molecule has 126 valence electrons. The third kappa shape index (κ3) is 3.24. The molecule has 0 spiro atoms. The zero-order chi connectivity index (χ0) is 17.4. The second-order valence-electron chi connectivity index (χ2n) is 6.46. The number of carboxylic acid groups (broad SMARTS) is 1. The average molecular weight is 339 g/mol. The molecule has 1 aromatic carbocycles. The summed E-state index contributed by atoms with van der Waals surface area (Å²) in [4.78, 5) is 24.9. The van der Waals surface area contributed by atoms with Crippen molar-refractivity contribution in [2.24, 2.45) is 5.92 Å². The number of amides is 1. The van der Waals surface area contributed by atoms with Crippen molar-refractivity contribution < 1.29 is 23.1 Å². The molecule has 1 aliphatic heterocycles. The average Bonchev–Trinajstić information content (AvgIpc) is 2.67. The number of benzene rings is 1. The maximum Gasteiger partial charge on any atom is 0.335 e. The second-order valence-corrected chi connectivity index (χ2v) is 9.15. The topological polar surface area (TPSA) is 91.8 Å². The number of carbonyl (C=O) groups is 2. The molecule has 1 atom stereocenters. The number of hydrogen-bond donors (Lipinski definition) is 1. The van der Waals surface area contributed by atoms with E-state index in [1.807, 2.05) is 0 Å². The molecular formula is C16H21NO5S. The van der Waals surface area contributed by atoms with E-state index in [0.29, 0.717) is 13.0 Å². The predicted octanol–water partition coefficient (Wildman–Crippen LogP) is 1.56. The highest BCUT2D eigenvalue weighted by molar-refractivity contribution is 7.93. The molecular weight excluding hydrogens is 318 g/mol. The van der Waals surface area contributed by atoms with Crippen molar-refractivity contribution in [1.29, 1.82) is 0 Å². The molecule has 7 heteroatoms. The Hall–Kier alpha value is -1.89. The number of carboxylic acids is 1. The summed E-state index contributed by atoms with van der Waals surface area (Å²) in [5.41, 5.74) is 0.982. The molecule has 1 N–H and O–H groups in total. The first-order valence-corrected chi connectivity index (χ1v) is 9.01. The predicted molar refractivity (Wildman–Crippen MR) is 85.8 cm³/mol. The van der Waals surface area contributed by atoms with Gasteiger partial charge in [0.15, 0.2) is 9.84 Å². The Morgan fingerprint density at radius 1 is 1.26 bits per heavy atom. The van der Waals surface area contributed by atoms with Gasteiger partial charge in [0.05, 0.1) is 22.0 Å². The molecule has 0 aliphatic carbocycles. The lowest BCUT2D eigenvalue weighted by atomic mass is 9.91. The Labute approximate surface area is 136 Å². The van der Waals surface area contributed by atoms with Crippen LogP contribution >= 0.6 is 0 Å². The third-order valence-electron chi connectivity index (χ3n) is 4.61. The molecule has 1 unspecified atom stereocenters. The van der Waals surface area contributed by atoms with E-state index in [2.05, 4.69) is 0 Å². The molecule has 1 fully saturated rings. The quantitative estimate of drug-likeness (QED) is 0.899. The molecule has 23 heavy (non-hydrogen) atoms. The van der Waals surface area contributed by atoms with Crippen molar-refractivity contribution in [3.05, 3.63) is 35.4 Å². The summed E-state index contributed by atoms with van der Waals surface area (Å²) in [5.74, 6) is -1.70. The van der Waals surface area contributed by atoms with Gasteiger partial charge >= 0.3 is 5.97 Å². The van der Waals surface area contributed by atoms with Gasteiger partial charge < -0.3 is 10.0 Å². The molecule has 2 rings (SSSR count). The standard InChI is InChI=1S/C16H21NO5S/c1-16(2)13(8-9-23(16,21)22)14(18)17(3)10-11-4-6-12(7-5-11)15(19)20/h4-7,13H,8-10H2,1-3H3,(H,19,20). The minimum Gasteiger partial charge on any atom is -0.478 e. The summed E-state index contributed by atoms with van der Waals surface area (Å²) in [7, 11) is -1.62. The highest BCUT2D eigenvalue weighted by atomic mass is 32.2. The number of hydrogen-bond acceptors (Lipinski definition) is 4. The van der Waals surface area contributed by atoms with E-state index < -0.39 is 26.5 Å². The number of carbonyl (C=O) groups excluding carboxylic acids is 1. The first-order chi connectivity index (χ1) is 10.6.